The number of nitrogens with one attached hydrogen (secondary N) is 2. The van der Waals surface area contributed by atoms with Crippen molar-refractivity contribution in [2.75, 3.05) is 13.1 Å². The number of hydrogen-bond acceptors (Lipinski definition) is 3. The fourth-order valence-corrected chi connectivity index (χ4v) is 3.54. The maximum absolute atomic E-state index is 12.1. The molecule has 1 aromatic carbocycles. The molecule has 18 heavy (non-hydrogen) atoms. The highest BCUT2D eigenvalue weighted by Crippen LogP contribution is 2.25. The number of halogens is 2. The van der Waals surface area contributed by atoms with Gasteiger partial charge in [-0.15, -0.1) is 0 Å². The summed E-state index contributed by atoms with van der Waals surface area (Å²) in [4.78, 5) is 0.141. The number of hydrogen-bond donors (Lipinski definition) is 2. The predicted octanol–water partition coefficient (Wildman–Crippen LogP) is 2.02. The van der Waals surface area contributed by atoms with Gasteiger partial charge in [0.15, 0.2) is 0 Å². The van der Waals surface area contributed by atoms with Crippen molar-refractivity contribution in [3.05, 3.63) is 28.2 Å². The summed E-state index contributed by atoms with van der Waals surface area (Å²) in [6, 6.07) is 4.23. The predicted molar refractivity (Wildman–Crippen MR) is 72.7 cm³/mol. The van der Waals surface area contributed by atoms with Gasteiger partial charge in [0.05, 0.1) is 14.9 Å². The van der Waals surface area contributed by atoms with Gasteiger partial charge in [-0.2, -0.15) is 0 Å². The van der Waals surface area contributed by atoms with Crippen LogP contribution in [0, 0.1) is 0 Å². The van der Waals surface area contributed by atoms with E-state index in [0.717, 1.165) is 19.4 Å². The lowest BCUT2D eigenvalue weighted by Gasteiger charge is -2.23. The second-order valence-corrected chi connectivity index (χ2v) is 6.77. The Kier molecular flexibility index (Phi) is 4.50. The van der Waals surface area contributed by atoms with Crippen LogP contribution in [-0.4, -0.2) is 27.5 Å². The summed E-state index contributed by atoms with van der Waals surface area (Å²) in [5.41, 5.74) is 0. The van der Waals surface area contributed by atoms with E-state index in [1.54, 1.807) is 0 Å². The van der Waals surface area contributed by atoms with E-state index in [4.69, 9.17) is 23.2 Å². The molecule has 0 amide bonds. The van der Waals surface area contributed by atoms with E-state index in [2.05, 4.69) is 10.0 Å². The maximum atomic E-state index is 12.1. The fourth-order valence-electron chi connectivity index (χ4n) is 1.88. The SMILES string of the molecule is O=S(=O)(N[C@H]1CCCNC1)c1ccc(Cl)c(Cl)c1. The summed E-state index contributed by atoms with van der Waals surface area (Å²) in [6.07, 6.45) is 1.81. The van der Waals surface area contributed by atoms with Crippen LogP contribution in [0.25, 0.3) is 0 Å². The van der Waals surface area contributed by atoms with Crippen LogP contribution in [0.2, 0.25) is 10.0 Å². The van der Waals surface area contributed by atoms with Crippen molar-refractivity contribution in [2.24, 2.45) is 0 Å². The van der Waals surface area contributed by atoms with Crippen LogP contribution in [0.1, 0.15) is 12.8 Å². The smallest absolute Gasteiger partial charge is 0.240 e. The lowest BCUT2D eigenvalue weighted by Crippen LogP contribution is -2.45. The monoisotopic (exact) mass is 308 g/mol. The molecule has 0 spiro atoms. The summed E-state index contributed by atoms with van der Waals surface area (Å²) in [5, 5.41) is 3.74. The van der Waals surface area contributed by atoms with Gasteiger partial charge in [0.25, 0.3) is 0 Å². The Labute approximate surface area is 117 Å². The summed E-state index contributed by atoms with van der Waals surface area (Å²) in [7, 11) is -3.53. The van der Waals surface area contributed by atoms with E-state index in [1.807, 2.05) is 0 Å². The van der Waals surface area contributed by atoms with Gasteiger partial charge in [-0.1, -0.05) is 23.2 Å². The van der Waals surface area contributed by atoms with Crippen molar-refractivity contribution >= 4 is 33.2 Å². The van der Waals surface area contributed by atoms with Crippen LogP contribution in [0.4, 0.5) is 0 Å². The molecule has 1 fully saturated rings. The van der Waals surface area contributed by atoms with Crippen LogP contribution in [0.15, 0.2) is 23.1 Å². The van der Waals surface area contributed by atoms with Gasteiger partial charge in [-0.05, 0) is 37.6 Å². The van der Waals surface area contributed by atoms with Gasteiger partial charge >= 0.3 is 0 Å². The van der Waals surface area contributed by atoms with Crippen molar-refractivity contribution in [2.45, 2.75) is 23.8 Å². The lowest BCUT2D eigenvalue weighted by molar-refractivity contribution is 0.428. The third-order valence-electron chi connectivity index (χ3n) is 2.82. The second kappa shape index (κ2) is 5.75. The molecule has 2 rings (SSSR count). The zero-order chi connectivity index (χ0) is 13.2. The minimum absolute atomic E-state index is 0.0711. The molecule has 0 unspecified atom stereocenters. The largest absolute Gasteiger partial charge is 0.315 e. The van der Waals surface area contributed by atoms with Gasteiger partial charge in [0.1, 0.15) is 0 Å². The minimum atomic E-state index is -3.53. The Morgan fingerprint density at radius 2 is 2.06 bits per heavy atom. The Morgan fingerprint density at radius 3 is 2.67 bits per heavy atom. The quantitative estimate of drug-likeness (QED) is 0.898. The summed E-state index contributed by atoms with van der Waals surface area (Å²) < 4.78 is 26.9. The Balaban J connectivity index is 2.16. The molecule has 0 radical (unpaired) electrons. The molecule has 7 heteroatoms. The number of benzene rings is 1. The molecule has 1 saturated heterocycles. The van der Waals surface area contributed by atoms with E-state index >= 15 is 0 Å². The summed E-state index contributed by atoms with van der Waals surface area (Å²) >= 11 is 11.6. The lowest BCUT2D eigenvalue weighted by atomic mass is 10.1. The van der Waals surface area contributed by atoms with Gasteiger partial charge in [-0.3, -0.25) is 0 Å². The van der Waals surface area contributed by atoms with E-state index in [9.17, 15) is 8.42 Å². The fraction of sp³-hybridized carbons (Fsp3) is 0.455. The van der Waals surface area contributed by atoms with Crippen molar-refractivity contribution < 1.29 is 8.42 Å². The zero-order valence-electron chi connectivity index (χ0n) is 9.62. The highest BCUT2D eigenvalue weighted by atomic mass is 35.5. The first-order valence-electron chi connectivity index (χ1n) is 5.67. The molecule has 1 aromatic rings. The number of sulfonamides is 1. The molecule has 4 nitrogen and oxygen atoms in total. The highest BCUT2D eigenvalue weighted by Gasteiger charge is 2.22. The average molecular weight is 309 g/mol. The van der Waals surface area contributed by atoms with E-state index in [1.165, 1.54) is 18.2 Å². The molecule has 0 saturated carbocycles. The number of rotatable bonds is 3. The molecular formula is C11H14Cl2N2O2S. The first kappa shape index (κ1) is 14.1. The van der Waals surface area contributed by atoms with E-state index in [0.29, 0.717) is 11.6 Å². The molecule has 0 aromatic heterocycles. The van der Waals surface area contributed by atoms with Crippen LogP contribution in [0.5, 0.6) is 0 Å². The van der Waals surface area contributed by atoms with Crippen molar-refractivity contribution in [3.63, 3.8) is 0 Å². The van der Waals surface area contributed by atoms with Crippen molar-refractivity contribution in [3.8, 4) is 0 Å². The van der Waals surface area contributed by atoms with Gasteiger partial charge in [0, 0.05) is 12.6 Å². The first-order chi connectivity index (χ1) is 8.49. The molecule has 1 heterocycles. The summed E-state index contributed by atoms with van der Waals surface area (Å²) in [5.74, 6) is 0. The normalized spacial score (nSPS) is 20.9. The molecule has 2 N–H and O–H groups in total. The molecule has 100 valence electrons. The Bertz CT molecular complexity index is 528. The number of piperidine rings is 1. The highest BCUT2D eigenvalue weighted by molar-refractivity contribution is 7.89. The van der Waals surface area contributed by atoms with Crippen LogP contribution < -0.4 is 10.0 Å². The zero-order valence-corrected chi connectivity index (χ0v) is 11.9. The van der Waals surface area contributed by atoms with Gasteiger partial charge < -0.3 is 5.32 Å². The third kappa shape index (κ3) is 3.36. The second-order valence-electron chi connectivity index (χ2n) is 4.24. The van der Waals surface area contributed by atoms with Gasteiger partial charge in [-0.25, -0.2) is 13.1 Å². The van der Waals surface area contributed by atoms with Crippen molar-refractivity contribution in [1.82, 2.24) is 10.0 Å². The topological polar surface area (TPSA) is 58.2 Å². The van der Waals surface area contributed by atoms with Crippen LogP contribution in [0.3, 0.4) is 0 Å². The molecule has 1 atom stereocenters. The molecule has 0 bridgehead atoms. The first-order valence-corrected chi connectivity index (χ1v) is 7.91. The van der Waals surface area contributed by atoms with E-state index < -0.39 is 10.0 Å². The summed E-state index contributed by atoms with van der Waals surface area (Å²) in [6.45, 7) is 1.59. The molecular weight excluding hydrogens is 295 g/mol. The Morgan fingerprint density at radius 1 is 1.28 bits per heavy atom. The third-order valence-corrected chi connectivity index (χ3v) is 5.08. The van der Waals surface area contributed by atoms with Crippen LogP contribution >= 0.6 is 23.2 Å². The van der Waals surface area contributed by atoms with Gasteiger partial charge in [0.2, 0.25) is 10.0 Å². The van der Waals surface area contributed by atoms with Crippen LogP contribution in [-0.2, 0) is 10.0 Å². The van der Waals surface area contributed by atoms with E-state index in [-0.39, 0.29) is 16.0 Å². The Hall–Kier alpha value is -0.330. The maximum Gasteiger partial charge on any atom is 0.240 e. The van der Waals surface area contributed by atoms with Crippen molar-refractivity contribution in [1.29, 1.82) is 0 Å². The molecule has 0 aliphatic carbocycles. The molecule has 1 aliphatic rings. The molecule has 1 aliphatic heterocycles. The minimum Gasteiger partial charge on any atom is -0.315 e. The standard InChI is InChI=1S/C11H14Cl2N2O2S/c12-10-4-3-9(6-11(10)13)18(16,17)15-8-2-1-5-14-7-8/h3-4,6,8,14-15H,1-2,5,7H2/t8-/m0/s1. The average Bonchev–Trinajstić information content (AvgIpc) is 2.33.